The molecule has 1 heterocycles. The summed E-state index contributed by atoms with van der Waals surface area (Å²) in [5.41, 5.74) is 6.33. The highest BCUT2D eigenvalue weighted by molar-refractivity contribution is 5.83. The molecule has 0 fully saturated rings. The van der Waals surface area contributed by atoms with Crippen molar-refractivity contribution >= 4 is 16.5 Å². The minimum absolute atomic E-state index is 0.438. The molecule has 3 heteroatoms. The number of hydrogen-bond acceptors (Lipinski definition) is 3. The van der Waals surface area contributed by atoms with E-state index in [-0.39, 0.29) is 0 Å². The smallest absolute Gasteiger partial charge is 0.242 e. The molecule has 0 aliphatic heterocycles. The van der Waals surface area contributed by atoms with Crippen LogP contribution in [0.15, 0.2) is 60.8 Å². The zero-order chi connectivity index (χ0) is 12.4. The van der Waals surface area contributed by atoms with Crippen LogP contribution < -0.4 is 10.5 Å². The van der Waals surface area contributed by atoms with Gasteiger partial charge in [0, 0.05) is 6.20 Å². The predicted molar refractivity (Wildman–Crippen MR) is 72.7 cm³/mol. The molecule has 3 aromatic rings. The molecule has 1 aromatic heterocycles. The summed E-state index contributed by atoms with van der Waals surface area (Å²) in [6, 6.07) is 17.6. The van der Waals surface area contributed by atoms with E-state index in [0.29, 0.717) is 11.6 Å². The quantitative estimate of drug-likeness (QED) is 0.739. The third-order valence-electron chi connectivity index (χ3n) is 2.74. The van der Waals surface area contributed by atoms with E-state index < -0.39 is 0 Å². The molecule has 88 valence electrons. The zero-order valence-corrected chi connectivity index (χ0v) is 9.71. The molecule has 0 bridgehead atoms. The van der Waals surface area contributed by atoms with Gasteiger partial charge >= 0.3 is 0 Å². The molecule has 0 saturated carbocycles. The minimum atomic E-state index is 0.438. The second kappa shape index (κ2) is 4.37. The van der Waals surface area contributed by atoms with Crippen LogP contribution in [-0.4, -0.2) is 4.98 Å². The summed E-state index contributed by atoms with van der Waals surface area (Å²) in [5.74, 6) is 1.17. The summed E-state index contributed by atoms with van der Waals surface area (Å²) in [4.78, 5) is 4.11. The molecule has 3 rings (SSSR count). The van der Waals surface area contributed by atoms with E-state index in [2.05, 4.69) is 11.1 Å². The van der Waals surface area contributed by atoms with Crippen LogP contribution in [0.3, 0.4) is 0 Å². The highest BCUT2D eigenvalue weighted by Crippen LogP contribution is 2.27. The Morgan fingerprint density at radius 2 is 1.72 bits per heavy atom. The number of ether oxygens (including phenoxy) is 1. The molecule has 0 atom stereocenters. The van der Waals surface area contributed by atoms with E-state index >= 15 is 0 Å². The van der Waals surface area contributed by atoms with E-state index in [0.717, 1.165) is 11.1 Å². The summed E-state index contributed by atoms with van der Waals surface area (Å²) in [5, 5.41) is 2.31. The maximum atomic E-state index is 5.79. The molecule has 18 heavy (non-hydrogen) atoms. The fourth-order valence-corrected chi connectivity index (χ4v) is 1.83. The van der Waals surface area contributed by atoms with Crippen molar-refractivity contribution < 1.29 is 4.74 Å². The number of pyridine rings is 1. The van der Waals surface area contributed by atoms with Gasteiger partial charge in [-0.05, 0) is 35.0 Å². The van der Waals surface area contributed by atoms with Crippen LogP contribution in [0.25, 0.3) is 10.8 Å². The van der Waals surface area contributed by atoms with Crippen molar-refractivity contribution in [2.45, 2.75) is 0 Å². The number of rotatable bonds is 2. The van der Waals surface area contributed by atoms with Crippen molar-refractivity contribution in [1.82, 2.24) is 4.98 Å². The van der Waals surface area contributed by atoms with Gasteiger partial charge in [0.05, 0.1) is 5.69 Å². The van der Waals surface area contributed by atoms with E-state index in [4.69, 9.17) is 10.5 Å². The topological polar surface area (TPSA) is 48.1 Å². The Kier molecular flexibility index (Phi) is 2.57. The van der Waals surface area contributed by atoms with Crippen molar-refractivity contribution in [2.75, 3.05) is 5.73 Å². The normalized spacial score (nSPS) is 10.4. The van der Waals surface area contributed by atoms with Gasteiger partial charge < -0.3 is 10.5 Å². The molecule has 2 aromatic carbocycles. The first-order valence-corrected chi connectivity index (χ1v) is 5.70. The fourth-order valence-electron chi connectivity index (χ4n) is 1.83. The van der Waals surface area contributed by atoms with Crippen molar-refractivity contribution in [1.29, 1.82) is 0 Å². The number of benzene rings is 2. The van der Waals surface area contributed by atoms with Gasteiger partial charge in [0.15, 0.2) is 0 Å². The molecule has 0 radical (unpaired) electrons. The van der Waals surface area contributed by atoms with Crippen molar-refractivity contribution in [3.8, 4) is 11.6 Å². The van der Waals surface area contributed by atoms with Gasteiger partial charge in [-0.1, -0.05) is 30.3 Å². The first-order chi connectivity index (χ1) is 8.83. The monoisotopic (exact) mass is 236 g/mol. The summed E-state index contributed by atoms with van der Waals surface area (Å²) in [7, 11) is 0. The number of nitrogen functional groups attached to an aromatic ring is 1. The van der Waals surface area contributed by atoms with Gasteiger partial charge in [-0.3, -0.25) is 0 Å². The predicted octanol–water partition coefficient (Wildman–Crippen LogP) is 3.61. The molecule has 0 aliphatic rings. The Balaban J connectivity index is 1.98. The SMILES string of the molecule is Nc1cccnc1Oc1ccc2ccccc2c1. The van der Waals surface area contributed by atoms with Crippen LogP contribution in [0.1, 0.15) is 0 Å². The van der Waals surface area contributed by atoms with Gasteiger partial charge in [0.1, 0.15) is 5.75 Å². The first kappa shape index (κ1) is 10.6. The van der Waals surface area contributed by atoms with Crippen LogP contribution in [-0.2, 0) is 0 Å². The number of aromatic nitrogens is 1. The first-order valence-electron chi connectivity index (χ1n) is 5.70. The lowest BCUT2D eigenvalue weighted by atomic mass is 10.1. The molecular formula is C15H12N2O. The molecule has 0 unspecified atom stereocenters. The number of nitrogens with zero attached hydrogens (tertiary/aromatic N) is 1. The van der Waals surface area contributed by atoms with Gasteiger partial charge in [0.2, 0.25) is 5.88 Å². The highest BCUT2D eigenvalue weighted by atomic mass is 16.5. The second-order valence-corrected chi connectivity index (χ2v) is 4.01. The number of fused-ring (bicyclic) bond motifs is 1. The summed E-state index contributed by atoms with van der Waals surface area (Å²) < 4.78 is 5.68. The zero-order valence-electron chi connectivity index (χ0n) is 9.71. The Morgan fingerprint density at radius 3 is 2.56 bits per heavy atom. The van der Waals surface area contributed by atoms with Gasteiger partial charge in [-0.2, -0.15) is 0 Å². The second-order valence-electron chi connectivity index (χ2n) is 4.01. The summed E-state index contributed by atoms with van der Waals surface area (Å²) in [6.07, 6.45) is 1.66. The molecule has 3 nitrogen and oxygen atoms in total. The Morgan fingerprint density at radius 1 is 0.889 bits per heavy atom. The summed E-state index contributed by atoms with van der Waals surface area (Å²) in [6.45, 7) is 0. The lowest BCUT2D eigenvalue weighted by Crippen LogP contribution is -1.94. The van der Waals surface area contributed by atoms with E-state index in [1.54, 1.807) is 18.3 Å². The van der Waals surface area contributed by atoms with Gasteiger partial charge in [-0.25, -0.2) is 4.98 Å². The van der Waals surface area contributed by atoms with Crippen molar-refractivity contribution in [3.63, 3.8) is 0 Å². The molecular weight excluding hydrogens is 224 g/mol. The fraction of sp³-hybridized carbons (Fsp3) is 0. The van der Waals surface area contributed by atoms with Crippen LogP contribution in [0.5, 0.6) is 11.6 Å². The molecule has 0 amide bonds. The standard InChI is InChI=1S/C15H12N2O/c16-14-6-3-9-17-15(14)18-13-8-7-11-4-1-2-5-12(11)10-13/h1-10H,16H2. The molecule has 0 saturated heterocycles. The van der Waals surface area contributed by atoms with Crippen LogP contribution >= 0.6 is 0 Å². The van der Waals surface area contributed by atoms with E-state index in [1.807, 2.05) is 36.4 Å². The average molecular weight is 236 g/mol. The van der Waals surface area contributed by atoms with Gasteiger partial charge in [0.25, 0.3) is 0 Å². The molecule has 0 spiro atoms. The maximum absolute atomic E-state index is 5.79. The largest absolute Gasteiger partial charge is 0.437 e. The van der Waals surface area contributed by atoms with E-state index in [9.17, 15) is 0 Å². The highest BCUT2D eigenvalue weighted by Gasteiger charge is 2.03. The average Bonchev–Trinajstić information content (AvgIpc) is 2.41. The molecule has 0 aliphatic carbocycles. The van der Waals surface area contributed by atoms with Gasteiger partial charge in [-0.15, -0.1) is 0 Å². The third kappa shape index (κ3) is 1.98. The lowest BCUT2D eigenvalue weighted by Gasteiger charge is -2.07. The third-order valence-corrected chi connectivity index (χ3v) is 2.74. The van der Waals surface area contributed by atoms with Crippen molar-refractivity contribution in [3.05, 3.63) is 60.8 Å². The Bertz CT molecular complexity index is 695. The van der Waals surface area contributed by atoms with E-state index in [1.165, 1.54) is 5.39 Å². The molecule has 2 N–H and O–H groups in total. The number of hydrogen-bond donors (Lipinski definition) is 1. The number of anilines is 1. The minimum Gasteiger partial charge on any atom is -0.437 e. The van der Waals surface area contributed by atoms with Crippen molar-refractivity contribution in [2.24, 2.45) is 0 Å². The Hall–Kier alpha value is -2.55. The van der Waals surface area contributed by atoms with Crippen LogP contribution in [0.4, 0.5) is 5.69 Å². The Labute approximate surface area is 105 Å². The number of nitrogens with two attached hydrogens (primary N) is 1. The summed E-state index contributed by atoms with van der Waals surface area (Å²) >= 11 is 0. The van der Waals surface area contributed by atoms with Crippen LogP contribution in [0.2, 0.25) is 0 Å². The lowest BCUT2D eigenvalue weighted by molar-refractivity contribution is 0.466. The maximum Gasteiger partial charge on any atom is 0.242 e. The van der Waals surface area contributed by atoms with Crippen LogP contribution in [0, 0.1) is 0 Å².